The Kier molecular flexibility index (Phi) is 6.81. The SMILES string of the molecule is CN=C(NCCCn1nc2n(c1=O)CCCC2)NCc1ccccc1Cn1cccn1. The first kappa shape index (κ1) is 20.9. The molecular formula is C22H30N8O. The molecular weight excluding hydrogens is 392 g/mol. The van der Waals surface area contributed by atoms with Crippen LogP contribution in [0.4, 0.5) is 0 Å². The summed E-state index contributed by atoms with van der Waals surface area (Å²) in [5.74, 6) is 1.67. The maximum Gasteiger partial charge on any atom is 0.345 e. The van der Waals surface area contributed by atoms with Gasteiger partial charge in [0.15, 0.2) is 5.96 Å². The second-order valence-corrected chi connectivity index (χ2v) is 7.71. The van der Waals surface area contributed by atoms with Crippen molar-refractivity contribution in [3.8, 4) is 0 Å². The van der Waals surface area contributed by atoms with E-state index in [2.05, 4.69) is 38.0 Å². The molecule has 4 rings (SSSR count). The Morgan fingerprint density at radius 2 is 2.03 bits per heavy atom. The summed E-state index contributed by atoms with van der Waals surface area (Å²) in [6.07, 6.45) is 7.64. The molecule has 0 aliphatic carbocycles. The van der Waals surface area contributed by atoms with Crippen LogP contribution in [-0.4, -0.2) is 43.7 Å². The van der Waals surface area contributed by atoms with Crippen LogP contribution in [0.15, 0.2) is 52.5 Å². The van der Waals surface area contributed by atoms with E-state index in [9.17, 15) is 4.79 Å². The minimum absolute atomic E-state index is 0.0194. The summed E-state index contributed by atoms with van der Waals surface area (Å²) < 4.78 is 5.34. The van der Waals surface area contributed by atoms with Gasteiger partial charge < -0.3 is 10.6 Å². The van der Waals surface area contributed by atoms with Crippen LogP contribution in [-0.2, 0) is 32.6 Å². The molecule has 0 amide bonds. The van der Waals surface area contributed by atoms with Gasteiger partial charge in [0.25, 0.3) is 0 Å². The highest BCUT2D eigenvalue weighted by atomic mass is 16.2. The Balaban J connectivity index is 1.25. The average Bonchev–Trinajstić information content (AvgIpc) is 3.42. The van der Waals surface area contributed by atoms with E-state index in [-0.39, 0.29) is 5.69 Å². The predicted molar refractivity (Wildman–Crippen MR) is 120 cm³/mol. The van der Waals surface area contributed by atoms with Gasteiger partial charge in [0.05, 0.1) is 6.54 Å². The van der Waals surface area contributed by atoms with Crippen LogP contribution in [0.25, 0.3) is 0 Å². The van der Waals surface area contributed by atoms with Crippen molar-refractivity contribution in [3.63, 3.8) is 0 Å². The normalized spacial score (nSPS) is 13.8. The summed E-state index contributed by atoms with van der Waals surface area (Å²) in [6, 6.07) is 10.3. The lowest BCUT2D eigenvalue weighted by molar-refractivity contribution is 0.509. The molecule has 9 heteroatoms. The van der Waals surface area contributed by atoms with Crippen LogP contribution in [0.3, 0.4) is 0 Å². The van der Waals surface area contributed by atoms with E-state index >= 15 is 0 Å². The zero-order valence-corrected chi connectivity index (χ0v) is 18.0. The number of aliphatic imine (C=N–C) groups is 1. The molecule has 0 spiro atoms. The zero-order chi connectivity index (χ0) is 21.5. The van der Waals surface area contributed by atoms with E-state index in [0.717, 1.165) is 50.6 Å². The standard InChI is InChI=1S/C22H30N8O/c1-23-21(24-11-6-15-30-22(31)29-14-5-4-10-20(29)27-30)25-16-18-8-2-3-9-19(18)17-28-13-7-12-26-28/h2-3,7-9,12-13H,4-6,10-11,14-17H2,1H3,(H2,23,24,25). The summed E-state index contributed by atoms with van der Waals surface area (Å²) in [5.41, 5.74) is 2.44. The molecule has 2 aromatic heterocycles. The first-order valence-corrected chi connectivity index (χ1v) is 10.9. The van der Waals surface area contributed by atoms with E-state index in [0.29, 0.717) is 19.6 Å². The largest absolute Gasteiger partial charge is 0.356 e. The molecule has 1 aliphatic heterocycles. The van der Waals surface area contributed by atoms with Gasteiger partial charge in [-0.2, -0.15) is 10.2 Å². The summed E-state index contributed by atoms with van der Waals surface area (Å²) in [5, 5.41) is 15.5. The van der Waals surface area contributed by atoms with Gasteiger partial charge in [-0.25, -0.2) is 9.48 Å². The van der Waals surface area contributed by atoms with Crippen molar-refractivity contribution in [3.05, 3.63) is 70.2 Å². The van der Waals surface area contributed by atoms with Crippen LogP contribution < -0.4 is 16.3 Å². The van der Waals surface area contributed by atoms with Gasteiger partial charge in [0.2, 0.25) is 0 Å². The maximum atomic E-state index is 12.4. The molecule has 31 heavy (non-hydrogen) atoms. The third-order valence-electron chi connectivity index (χ3n) is 5.55. The summed E-state index contributed by atoms with van der Waals surface area (Å²) in [4.78, 5) is 16.7. The van der Waals surface area contributed by atoms with Crippen molar-refractivity contribution in [1.29, 1.82) is 0 Å². The maximum absolute atomic E-state index is 12.4. The summed E-state index contributed by atoms with van der Waals surface area (Å²) >= 11 is 0. The number of guanidine groups is 1. The molecule has 0 saturated carbocycles. The number of aromatic nitrogens is 5. The molecule has 2 N–H and O–H groups in total. The molecule has 0 radical (unpaired) electrons. The van der Waals surface area contributed by atoms with Crippen molar-refractivity contribution in [1.82, 2.24) is 34.8 Å². The lowest BCUT2D eigenvalue weighted by Crippen LogP contribution is -2.38. The van der Waals surface area contributed by atoms with Crippen molar-refractivity contribution < 1.29 is 0 Å². The molecule has 9 nitrogen and oxygen atoms in total. The van der Waals surface area contributed by atoms with Gasteiger partial charge in [-0.1, -0.05) is 24.3 Å². The quantitative estimate of drug-likeness (QED) is 0.325. The number of aryl methyl sites for hydroxylation is 2. The van der Waals surface area contributed by atoms with Crippen LogP contribution in [0.5, 0.6) is 0 Å². The highest BCUT2D eigenvalue weighted by Crippen LogP contribution is 2.11. The molecule has 0 fully saturated rings. The number of hydrogen-bond donors (Lipinski definition) is 2. The number of nitrogens with zero attached hydrogens (tertiary/aromatic N) is 6. The number of nitrogens with one attached hydrogen (secondary N) is 2. The minimum Gasteiger partial charge on any atom is -0.356 e. The Hall–Kier alpha value is -3.36. The van der Waals surface area contributed by atoms with Crippen LogP contribution >= 0.6 is 0 Å². The van der Waals surface area contributed by atoms with E-state index in [1.54, 1.807) is 17.9 Å². The Morgan fingerprint density at radius 1 is 1.16 bits per heavy atom. The fourth-order valence-corrected chi connectivity index (χ4v) is 3.88. The van der Waals surface area contributed by atoms with E-state index in [4.69, 9.17) is 0 Å². The number of hydrogen-bond acceptors (Lipinski definition) is 4. The lowest BCUT2D eigenvalue weighted by atomic mass is 10.1. The lowest BCUT2D eigenvalue weighted by Gasteiger charge is -2.14. The molecule has 1 aliphatic rings. The van der Waals surface area contributed by atoms with E-state index in [1.807, 2.05) is 33.6 Å². The van der Waals surface area contributed by atoms with E-state index in [1.165, 1.54) is 11.1 Å². The average molecular weight is 423 g/mol. The third-order valence-corrected chi connectivity index (χ3v) is 5.55. The van der Waals surface area contributed by atoms with Crippen LogP contribution in [0, 0.1) is 0 Å². The molecule has 164 valence electrons. The van der Waals surface area contributed by atoms with Gasteiger partial charge >= 0.3 is 5.69 Å². The number of rotatable bonds is 8. The first-order valence-electron chi connectivity index (χ1n) is 10.9. The van der Waals surface area contributed by atoms with Gasteiger partial charge in [0, 0.05) is 52.0 Å². The molecule has 0 bridgehead atoms. The second kappa shape index (κ2) is 10.1. The van der Waals surface area contributed by atoms with Gasteiger partial charge in [-0.15, -0.1) is 0 Å². The second-order valence-electron chi connectivity index (χ2n) is 7.71. The molecule has 1 aromatic carbocycles. The van der Waals surface area contributed by atoms with Gasteiger partial charge in [-0.3, -0.25) is 14.2 Å². The number of benzene rings is 1. The van der Waals surface area contributed by atoms with Gasteiger partial charge in [0.1, 0.15) is 5.82 Å². The van der Waals surface area contributed by atoms with Crippen LogP contribution in [0.2, 0.25) is 0 Å². The molecule has 0 unspecified atom stereocenters. The Labute approximate surface area is 181 Å². The Morgan fingerprint density at radius 3 is 2.81 bits per heavy atom. The molecule has 0 saturated heterocycles. The van der Waals surface area contributed by atoms with Crippen molar-refractivity contribution in [2.45, 2.75) is 51.9 Å². The first-order chi connectivity index (χ1) is 15.2. The van der Waals surface area contributed by atoms with Gasteiger partial charge in [-0.05, 0) is 36.5 Å². The fourth-order valence-electron chi connectivity index (χ4n) is 3.88. The highest BCUT2D eigenvalue weighted by Gasteiger charge is 2.16. The molecule has 0 atom stereocenters. The van der Waals surface area contributed by atoms with Crippen molar-refractivity contribution >= 4 is 5.96 Å². The van der Waals surface area contributed by atoms with E-state index < -0.39 is 0 Å². The molecule has 3 aromatic rings. The minimum atomic E-state index is 0.0194. The van der Waals surface area contributed by atoms with Crippen molar-refractivity contribution in [2.75, 3.05) is 13.6 Å². The predicted octanol–water partition coefficient (Wildman–Crippen LogP) is 1.38. The monoisotopic (exact) mass is 422 g/mol. The summed E-state index contributed by atoms with van der Waals surface area (Å²) in [6.45, 7) is 3.52. The zero-order valence-electron chi connectivity index (χ0n) is 18.0. The number of fused-ring (bicyclic) bond motifs is 1. The van der Waals surface area contributed by atoms with Crippen molar-refractivity contribution in [2.24, 2.45) is 4.99 Å². The topological polar surface area (TPSA) is 94.1 Å². The molecule has 3 heterocycles. The highest BCUT2D eigenvalue weighted by molar-refractivity contribution is 5.79. The Bertz CT molecular complexity index is 1060. The summed E-state index contributed by atoms with van der Waals surface area (Å²) in [7, 11) is 1.76. The van der Waals surface area contributed by atoms with Crippen LogP contribution in [0.1, 0.15) is 36.2 Å². The smallest absolute Gasteiger partial charge is 0.345 e. The third kappa shape index (κ3) is 5.22. The fraction of sp³-hybridized carbons (Fsp3) is 0.455.